The fraction of sp³-hybridized carbons (Fsp3) is 0.538. The van der Waals surface area contributed by atoms with Crippen molar-refractivity contribution in [1.29, 1.82) is 0 Å². The van der Waals surface area contributed by atoms with Crippen LogP contribution < -0.4 is 10.5 Å². The van der Waals surface area contributed by atoms with Crippen molar-refractivity contribution in [3.8, 4) is 0 Å². The van der Waals surface area contributed by atoms with Crippen molar-refractivity contribution in [2.24, 2.45) is 0 Å². The third-order valence-electron chi connectivity index (χ3n) is 3.88. The third kappa shape index (κ3) is 2.61. The van der Waals surface area contributed by atoms with Crippen LogP contribution in [0.15, 0.2) is 17.0 Å². The average molecular weight is 284 g/mol. The molecule has 0 saturated heterocycles. The number of benzene rings is 1. The van der Waals surface area contributed by atoms with E-state index in [1.165, 1.54) is 0 Å². The second-order valence-corrected chi connectivity index (χ2v) is 7.02. The van der Waals surface area contributed by atoms with Crippen LogP contribution in [-0.4, -0.2) is 25.7 Å². The van der Waals surface area contributed by atoms with Gasteiger partial charge in [-0.3, -0.25) is 0 Å². The van der Waals surface area contributed by atoms with Crippen molar-refractivity contribution in [1.82, 2.24) is 4.72 Å². The Morgan fingerprint density at radius 2 is 1.89 bits per heavy atom. The largest absolute Gasteiger partial charge is 0.398 e. The summed E-state index contributed by atoms with van der Waals surface area (Å²) in [4.78, 5) is 0.0929. The van der Waals surface area contributed by atoms with Crippen LogP contribution in [0.5, 0.6) is 0 Å². The summed E-state index contributed by atoms with van der Waals surface area (Å²) in [6, 6.07) is 3.24. The van der Waals surface area contributed by atoms with Gasteiger partial charge < -0.3 is 10.8 Å². The first-order chi connectivity index (χ1) is 8.80. The van der Waals surface area contributed by atoms with E-state index in [1.54, 1.807) is 12.1 Å². The maximum Gasteiger partial charge on any atom is 0.243 e. The Morgan fingerprint density at radius 3 is 2.37 bits per heavy atom. The SMILES string of the molecule is Cc1cc(N)c(S(=O)(=O)NC2(CO)CCC2)cc1C. The van der Waals surface area contributed by atoms with Gasteiger partial charge in [-0.2, -0.15) is 0 Å². The summed E-state index contributed by atoms with van der Waals surface area (Å²) in [5, 5.41) is 9.36. The van der Waals surface area contributed by atoms with Crippen LogP contribution in [0.4, 0.5) is 5.69 Å². The maximum absolute atomic E-state index is 12.4. The lowest BCUT2D eigenvalue weighted by atomic mass is 9.78. The summed E-state index contributed by atoms with van der Waals surface area (Å²) in [6.07, 6.45) is 2.24. The molecule has 106 valence electrons. The fourth-order valence-corrected chi connectivity index (χ4v) is 3.93. The second-order valence-electron chi connectivity index (χ2n) is 5.37. The first-order valence-corrected chi connectivity index (χ1v) is 7.80. The highest BCUT2D eigenvalue weighted by Gasteiger charge is 2.40. The van der Waals surface area contributed by atoms with Crippen molar-refractivity contribution in [2.75, 3.05) is 12.3 Å². The van der Waals surface area contributed by atoms with E-state index < -0.39 is 15.6 Å². The van der Waals surface area contributed by atoms with Crippen LogP contribution in [0, 0.1) is 13.8 Å². The summed E-state index contributed by atoms with van der Waals surface area (Å²) in [5.41, 5.74) is 7.18. The molecule has 1 aromatic carbocycles. The highest BCUT2D eigenvalue weighted by Crippen LogP contribution is 2.34. The highest BCUT2D eigenvalue weighted by molar-refractivity contribution is 7.89. The number of nitrogens with one attached hydrogen (secondary N) is 1. The Kier molecular flexibility index (Phi) is 3.59. The number of anilines is 1. The molecule has 0 radical (unpaired) electrons. The molecule has 19 heavy (non-hydrogen) atoms. The van der Waals surface area contributed by atoms with Crippen molar-refractivity contribution < 1.29 is 13.5 Å². The van der Waals surface area contributed by atoms with Crippen molar-refractivity contribution in [2.45, 2.75) is 43.5 Å². The summed E-state index contributed by atoms with van der Waals surface area (Å²) < 4.78 is 27.4. The van der Waals surface area contributed by atoms with Crippen LogP contribution in [0.1, 0.15) is 30.4 Å². The quantitative estimate of drug-likeness (QED) is 0.721. The first kappa shape index (κ1) is 14.3. The Morgan fingerprint density at radius 1 is 1.32 bits per heavy atom. The highest BCUT2D eigenvalue weighted by atomic mass is 32.2. The molecule has 1 aromatic rings. The van der Waals surface area contributed by atoms with Gasteiger partial charge >= 0.3 is 0 Å². The normalized spacial score (nSPS) is 18.1. The number of hydrogen-bond acceptors (Lipinski definition) is 4. The van der Waals surface area contributed by atoms with E-state index in [-0.39, 0.29) is 17.2 Å². The lowest BCUT2D eigenvalue weighted by Crippen LogP contribution is -2.56. The van der Waals surface area contributed by atoms with Crippen LogP contribution >= 0.6 is 0 Å². The summed E-state index contributed by atoms with van der Waals surface area (Å²) in [5.74, 6) is 0. The summed E-state index contributed by atoms with van der Waals surface area (Å²) in [6.45, 7) is 3.55. The van der Waals surface area contributed by atoms with Crippen LogP contribution in [0.3, 0.4) is 0 Å². The molecule has 5 nitrogen and oxygen atoms in total. The molecule has 1 aliphatic rings. The summed E-state index contributed by atoms with van der Waals surface area (Å²) >= 11 is 0. The molecule has 2 rings (SSSR count). The summed E-state index contributed by atoms with van der Waals surface area (Å²) in [7, 11) is -3.70. The van der Waals surface area contributed by atoms with Gasteiger partial charge in [0.15, 0.2) is 0 Å². The van der Waals surface area contributed by atoms with E-state index in [9.17, 15) is 13.5 Å². The van der Waals surface area contributed by atoms with Gasteiger partial charge in [-0.25, -0.2) is 13.1 Å². The number of aliphatic hydroxyl groups is 1. The van der Waals surface area contributed by atoms with E-state index in [1.807, 2.05) is 13.8 Å². The zero-order valence-corrected chi connectivity index (χ0v) is 12.0. The number of nitrogens with two attached hydrogens (primary N) is 1. The number of nitrogen functional groups attached to an aromatic ring is 1. The van der Waals surface area contributed by atoms with Gasteiger partial charge in [-0.1, -0.05) is 0 Å². The van der Waals surface area contributed by atoms with E-state index in [0.717, 1.165) is 17.5 Å². The van der Waals surface area contributed by atoms with Gasteiger partial charge in [0.1, 0.15) is 4.90 Å². The van der Waals surface area contributed by atoms with Crippen LogP contribution in [0.2, 0.25) is 0 Å². The topological polar surface area (TPSA) is 92.4 Å². The van der Waals surface area contributed by atoms with E-state index >= 15 is 0 Å². The molecule has 0 aliphatic heterocycles. The van der Waals surface area contributed by atoms with Gasteiger partial charge in [-0.15, -0.1) is 0 Å². The van der Waals surface area contributed by atoms with Crippen molar-refractivity contribution in [3.05, 3.63) is 23.3 Å². The Balaban J connectivity index is 2.37. The maximum atomic E-state index is 12.4. The molecular formula is C13H20N2O3S. The van der Waals surface area contributed by atoms with Crippen molar-refractivity contribution in [3.63, 3.8) is 0 Å². The second kappa shape index (κ2) is 4.77. The molecule has 0 atom stereocenters. The zero-order chi connectivity index (χ0) is 14.3. The lowest BCUT2D eigenvalue weighted by Gasteiger charge is -2.40. The molecule has 1 fully saturated rings. The monoisotopic (exact) mass is 284 g/mol. The van der Waals surface area contributed by atoms with Crippen LogP contribution in [0.25, 0.3) is 0 Å². The Hall–Kier alpha value is -1.11. The number of aliphatic hydroxyl groups excluding tert-OH is 1. The molecule has 0 heterocycles. The molecule has 0 aromatic heterocycles. The Labute approximate surface area is 113 Å². The van der Waals surface area contributed by atoms with E-state index in [4.69, 9.17) is 5.73 Å². The number of sulfonamides is 1. The van der Waals surface area contributed by atoms with E-state index in [2.05, 4.69) is 4.72 Å². The number of aryl methyl sites for hydroxylation is 2. The third-order valence-corrected chi connectivity index (χ3v) is 5.51. The van der Waals surface area contributed by atoms with Gasteiger partial charge in [0, 0.05) is 0 Å². The van der Waals surface area contributed by atoms with Gasteiger partial charge in [0.2, 0.25) is 10.0 Å². The van der Waals surface area contributed by atoms with Gasteiger partial charge in [0.25, 0.3) is 0 Å². The molecule has 1 saturated carbocycles. The van der Waals surface area contributed by atoms with Crippen LogP contribution in [-0.2, 0) is 10.0 Å². The molecule has 4 N–H and O–H groups in total. The molecule has 0 spiro atoms. The standard InChI is InChI=1S/C13H20N2O3S/c1-9-6-11(14)12(7-10(9)2)19(17,18)15-13(8-16)4-3-5-13/h6-7,15-16H,3-5,8,14H2,1-2H3. The predicted octanol–water partition coefficient (Wildman–Crippen LogP) is 1.08. The predicted molar refractivity (Wildman–Crippen MR) is 74.3 cm³/mol. The number of rotatable bonds is 4. The van der Waals surface area contributed by atoms with Crippen molar-refractivity contribution >= 4 is 15.7 Å². The first-order valence-electron chi connectivity index (χ1n) is 6.31. The molecular weight excluding hydrogens is 264 g/mol. The molecule has 1 aliphatic carbocycles. The zero-order valence-electron chi connectivity index (χ0n) is 11.2. The minimum atomic E-state index is -3.70. The molecule has 6 heteroatoms. The molecule has 0 amide bonds. The lowest BCUT2D eigenvalue weighted by molar-refractivity contribution is 0.110. The Bertz CT molecular complexity index is 587. The fourth-order valence-electron chi connectivity index (χ4n) is 2.28. The smallest absolute Gasteiger partial charge is 0.243 e. The molecule has 0 bridgehead atoms. The number of hydrogen-bond donors (Lipinski definition) is 3. The van der Waals surface area contributed by atoms with E-state index in [0.29, 0.717) is 12.8 Å². The van der Waals surface area contributed by atoms with Gasteiger partial charge in [-0.05, 0) is 56.4 Å². The molecule has 0 unspecified atom stereocenters. The minimum absolute atomic E-state index is 0.0929. The van der Waals surface area contributed by atoms with Gasteiger partial charge in [0.05, 0.1) is 17.8 Å². The minimum Gasteiger partial charge on any atom is -0.398 e. The average Bonchev–Trinajstić information content (AvgIpc) is 2.28.